The number of hydrogen-bond donors (Lipinski definition) is 0. The van der Waals surface area contributed by atoms with E-state index >= 15 is 0 Å². The topological polar surface area (TPSA) is 262 Å². The molecule has 0 N–H and O–H groups in total. The Kier molecular flexibility index (Phi) is 40.7. The van der Waals surface area contributed by atoms with Gasteiger partial charge in [-0.15, -0.1) is 35.4 Å². The number of para-hydroxylation sites is 1. The summed E-state index contributed by atoms with van der Waals surface area (Å²) in [5, 5.41) is 53.0. The van der Waals surface area contributed by atoms with E-state index < -0.39 is 13.5 Å². The molecule has 0 saturated heterocycles. The summed E-state index contributed by atoms with van der Waals surface area (Å²) in [6, 6.07) is 121. The fourth-order valence-corrected chi connectivity index (χ4v) is 23.1. The number of anilines is 3. The summed E-state index contributed by atoms with van der Waals surface area (Å²) < 4.78 is 0. The molecule has 4 aliphatic rings. The number of hydrogen-bond acceptors (Lipinski definition) is 15. The fourth-order valence-electron chi connectivity index (χ4n) is 18.7. The Bertz CT molecular complexity index is 6790. The number of aromatic nitrogens is 16. The molecule has 144 heavy (non-hydrogen) atoms. The van der Waals surface area contributed by atoms with Crippen LogP contribution in [0.25, 0.3) is 45.6 Å². The molecule has 0 amide bonds. The molecule has 0 radical (unpaired) electrons. The first-order valence-electron chi connectivity index (χ1n) is 47.3. The van der Waals surface area contributed by atoms with Crippen molar-refractivity contribution >= 4 is 46.4 Å². The van der Waals surface area contributed by atoms with Crippen LogP contribution in [-0.2, 0) is 146 Å². The number of nitrogens with zero attached hydrogens (tertiary/aromatic N) is 19. The predicted molar refractivity (Wildman–Crippen MR) is 551 cm³/mol. The second-order valence-electron chi connectivity index (χ2n) is 34.4. The monoisotopic (exact) mass is 2620 g/mol. The maximum absolute atomic E-state index is 6.69. The average Bonchev–Trinajstić information content (AvgIpc) is 0.799. The van der Waals surface area contributed by atoms with Crippen molar-refractivity contribution in [2.45, 2.75) is 127 Å². The number of benzene rings is 7. The molecular weight excluding hydrogens is 2520 g/mol. The molecule has 23 rings (SSSR count). The van der Waals surface area contributed by atoms with Gasteiger partial charge in [0.25, 0.3) is 0 Å². The van der Waals surface area contributed by atoms with Crippen molar-refractivity contribution in [3.63, 3.8) is 0 Å². The smallest absolute Gasteiger partial charge is 0.573 e. The normalized spacial score (nSPS) is 12.2. The van der Waals surface area contributed by atoms with Gasteiger partial charge in [0.1, 0.15) is 17.1 Å². The summed E-state index contributed by atoms with van der Waals surface area (Å²) >= 11 is 0. The quantitative estimate of drug-likeness (QED) is 0.0466. The first-order chi connectivity index (χ1) is 69.2. The maximum Gasteiger partial charge on any atom is 2.00 e. The van der Waals surface area contributed by atoms with Crippen molar-refractivity contribution < 1.29 is 84.3 Å². The van der Waals surface area contributed by atoms with E-state index in [4.69, 9.17) is 66.4 Å². The minimum atomic E-state index is -2.75. The van der Waals surface area contributed by atoms with Crippen LogP contribution >= 0.6 is 0 Å². The van der Waals surface area contributed by atoms with Crippen LogP contribution in [-0.4, -0.2) is 68.3 Å². The Morgan fingerprint density at radius 3 is 0.986 bits per heavy atom. The molecule has 4 aliphatic carbocycles. The summed E-state index contributed by atoms with van der Waals surface area (Å²) in [4.78, 5) is 41.5. The maximum atomic E-state index is 6.69. The molecule has 0 fully saturated rings. The van der Waals surface area contributed by atoms with E-state index in [1.165, 1.54) is 84.0 Å². The van der Waals surface area contributed by atoms with Crippen LogP contribution in [0.15, 0.2) is 383 Å². The van der Waals surface area contributed by atoms with E-state index in [-0.39, 0.29) is 89.7 Å². The fraction of sp³-hybridized carbons (Fsp3) is 0.167. The molecule has 720 valence electrons. The van der Waals surface area contributed by atoms with Crippen LogP contribution in [0.4, 0.5) is 17.3 Å². The molecule has 0 bridgehead atoms. The van der Waals surface area contributed by atoms with Gasteiger partial charge in [0.2, 0.25) is 8.07 Å². The molecule has 12 heterocycles. The van der Waals surface area contributed by atoms with Gasteiger partial charge in [-0.05, 0) is 270 Å². The van der Waals surface area contributed by atoms with Gasteiger partial charge < -0.3 is 77.3 Å². The summed E-state index contributed by atoms with van der Waals surface area (Å²) in [6.07, 6.45) is 38.6. The van der Waals surface area contributed by atoms with E-state index in [0.717, 1.165) is 193 Å². The van der Waals surface area contributed by atoms with Crippen molar-refractivity contribution in [2.24, 2.45) is 0 Å². The predicted octanol–water partition coefficient (Wildman–Crippen LogP) is 20.5. The first-order valence-corrected chi connectivity index (χ1v) is 49.3. The summed E-state index contributed by atoms with van der Waals surface area (Å²) in [5.41, 5.74) is 24.9. The van der Waals surface area contributed by atoms with Crippen LogP contribution in [0.5, 0.6) is 0 Å². The van der Waals surface area contributed by atoms with Gasteiger partial charge in [0.05, 0.1) is 39.9 Å². The third-order valence-electron chi connectivity index (χ3n) is 25.5. The Balaban J connectivity index is 0.000000160. The minimum absolute atomic E-state index is 0. The van der Waals surface area contributed by atoms with Gasteiger partial charge >= 0.3 is 84.3 Å². The van der Waals surface area contributed by atoms with E-state index in [1.807, 2.05) is 182 Å². The molecule has 19 aromatic rings. The van der Waals surface area contributed by atoms with Crippen LogP contribution in [0.3, 0.4) is 0 Å². The first kappa shape index (κ1) is 108. The van der Waals surface area contributed by atoms with Crippen molar-refractivity contribution in [3.8, 4) is 57.4 Å². The molecular formula is C120H101N19Pt4Si. The Morgan fingerprint density at radius 1 is 0.285 bits per heavy atom. The van der Waals surface area contributed by atoms with Crippen molar-refractivity contribution in [2.75, 3.05) is 4.90 Å². The molecule has 0 unspecified atom stereocenters. The molecule has 19 nitrogen and oxygen atoms in total. The van der Waals surface area contributed by atoms with Crippen molar-refractivity contribution in [1.29, 1.82) is 10.5 Å². The molecule has 12 aromatic heterocycles. The summed E-state index contributed by atoms with van der Waals surface area (Å²) in [6.45, 7) is 13.8. The number of fused-ring (bicyclic) bond motifs is 4. The third-order valence-corrected chi connectivity index (χ3v) is 30.0. The van der Waals surface area contributed by atoms with E-state index in [0.29, 0.717) is 0 Å². The summed E-state index contributed by atoms with van der Waals surface area (Å²) in [5.74, 6) is 6.20. The van der Waals surface area contributed by atoms with E-state index in [9.17, 15) is 0 Å². The van der Waals surface area contributed by atoms with Gasteiger partial charge in [-0.25, -0.2) is 9.97 Å². The van der Waals surface area contributed by atoms with Gasteiger partial charge in [0.15, 0.2) is 0 Å². The van der Waals surface area contributed by atoms with E-state index in [1.54, 1.807) is 6.20 Å². The second-order valence-corrected chi connectivity index (χ2v) is 38.1. The van der Waals surface area contributed by atoms with Crippen LogP contribution < -0.4 is 46.3 Å². The number of aryl methyl sites for hydroxylation is 4. The Hall–Kier alpha value is -14.5. The Labute approximate surface area is 902 Å². The molecule has 0 saturated carbocycles. The second kappa shape index (κ2) is 54.1. The van der Waals surface area contributed by atoms with Crippen molar-refractivity contribution in [3.05, 3.63) is 499 Å². The average molecular weight is 2620 g/mol. The summed E-state index contributed by atoms with van der Waals surface area (Å²) in [7, 11) is -2.75. The van der Waals surface area contributed by atoms with Gasteiger partial charge in [-0.2, -0.15) is 0 Å². The SMILES string of the molecule is CC(C)(c1ccccn1)c1cccc(-c2[n-]nc3c2CCCC3)n1.[C-]#Cc1ccccc1.[C-]#Cc1ccccc1.[C-]#N.[C-]#N.[Pt+2].[Pt+2].[Pt+2].[Pt+2].c1ccc(C(c2ccccc2)(c2ccccn2)c2cccc(-c3[n-]nc4c3CCCC4)n2)cc1.c1ccc(N(c2ccccn2)c2cccc(-c3[n-]nc4c3CCCC4)n2)cc1.c1ccc([Si](c2ccccc2)(c2ccccn2)c2cccc(-c3[n-]nc4c3CCCC4)n2)cc1. The standard InChI is InChI=1S/C30H25N4.C29H25N4Si.C23H20N5.C20H21N4.2C8H5.2CN.4Pt/c1-3-12-22(13-4-1)30(23-14-5-2-6-15-23,27-19-9-10-21-31-27)28-20-11-18-26(32-28)29-24-16-7-8-17-25(24)33-34-29;1-3-12-22(13-4-1)34(23-14-5-2-6-15-23,27-19-9-10-21-30-27)28-20-11-18-26(31-28)29-24-16-7-8-17-25(24)32-33-29;1-2-9-17(10-3-1)28(21-14-6-7-16-24-21)22-15-8-13-20(25-22)23-18-11-4-5-12-19(18)26-27-23;1-20(2,17-11-5-6-13-21-17)18-12-7-10-16(22-18)19-14-8-3-4-9-15(14)23-24-19;2*1-2-8-6-4-3-5-7-8;2*1-2;;;;/h2*1-6,9-15,18-21H,7-8,16-17H2;1-3,6-10,13-16H,4-5,11-12H2;5-7,10-13H,3-4,8-9H2,1-2H3;2*3-7H;;;;;;/q8*-1;4*+2. The van der Waals surface area contributed by atoms with E-state index in [2.05, 4.69) is 275 Å². The molecule has 0 aliphatic heterocycles. The number of pyridine rings is 8. The molecule has 7 aromatic carbocycles. The molecule has 0 spiro atoms. The largest absolute Gasteiger partial charge is 2.00 e. The Morgan fingerprint density at radius 2 is 0.597 bits per heavy atom. The van der Waals surface area contributed by atoms with Crippen LogP contribution in [0, 0.1) is 48.4 Å². The van der Waals surface area contributed by atoms with Crippen LogP contribution in [0.2, 0.25) is 0 Å². The van der Waals surface area contributed by atoms with Gasteiger partial charge in [-0.3, -0.25) is 46.6 Å². The zero-order valence-corrected chi connectivity index (χ0v) is 89.5. The van der Waals surface area contributed by atoms with Gasteiger partial charge in [0, 0.05) is 75.0 Å². The third kappa shape index (κ3) is 25.0. The molecule has 0 atom stereocenters. The zero-order valence-electron chi connectivity index (χ0n) is 79.4. The molecule has 24 heteroatoms. The van der Waals surface area contributed by atoms with Gasteiger partial charge in [-0.1, -0.05) is 247 Å². The van der Waals surface area contributed by atoms with Crippen LogP contribution in [0.1, 0.15) is 155 Å². The zero-order chi connectivity index (χ0) is 96.6. The minimum Gasteiger partial charge on any atom is -0.573 e. The van der Waals surface area contributed by atoms with Crippen molar-refractivity contribution in [1.82, 2.24) is 80.7 Å². The number of rotatable bonds is 17.